The predicted octanol–water partition coefficient (Wildman–Crippen LogP) is 5.47. The molecule has 3 aromatic rings. The fourth-order valence-corrected chi connectivity index (χ4v) is 5.20. The van der Waals surface area contributed by atoms with E-state index in [1.54, 1.807) is 4.90 Å². The van der Waals surface area contributed by atoms with Crippen molar-refractivity contribution in [1.82, 2.24) is 4.90 Å². The van der Waals surface area contributed by atoms with E-state index in [9.17, 15) is 14.7 Å². The standard InChI is InChI=1S/C27H25NO4/c29-26(30)23-15-8-16-28(25(23)18-9-2-1-3-10-18)27(31)32-17-24-21-13-6-4-11-19(21)20-12-5-7-14-22(20)24/h1-7,9-14,23-25H,8,15-17H2,(H,29,30)/t23-,25-/m1/s1. The molecule has 0 saturated carbocycles. The van der Waals surface area contributed by atoms with Gasteiger partial charge in [-0.05, 0) is 40.7 Å². The first-order chi connectivity index (χ1) is 15.6. The molecule has 5 rings (SSSR count). The molecule has 2 aliphatic rings. The lowest BCUT2D eigenvalue weighted by Gasteiger charge is -2.39. The van der Waals surface area contributed by atoms with Crippen LogP contribution >= 0.6 is 0 Å². The van der Waals surface area contributed by atoms with Gasteiger partial charge < -0.3 is 14.7 Å². The first-order valence-electron chi connectivity index (χ1n) is 11.0. The predicted molar refractivity (Wildman–Crippen MR) is 121 cm³/mol. The van der Waals surface area contributed by atoms with E-state index in [4.69, 9.17) is 4.74 Å². The highest BCUT2D eigenvalue weighted by atomic mass is 16.6. The van der Waals surface area contributed by atoms with Gasteiger partial charge in [0.2, 0.25) is 0 Å². The number of ether oxygens (including phenoxy) is 1. The van der Waals surface area contributed by atoms with E-state index in [1.807, 2.05) is 54.6 Å². The van der Waals surface area contributed by atoms with Crippen LogP contribution in [0.15, 0.2) is 78.9 Å². The number of carbonyl (C=O) groups is 2. The Hall–Kier alpha value is -3.60. The number of carboxylic acids is 1. The Morgan fingerprint density at radius 1 is 0.875 bits per heavy atom. The van der Waals surface area contributed by atoms with E-state index in [0.29, 0.717) is 19.4 Å². The van der Waals surface area contributed by atoms with Crippen LogP contribution in [0.4, 0.5) is 4.79 Å². The lowest BCUT2D eigenvalue weighted by Crippen LogP contribution is -2.45. The van der Waals surface area contributed by atoms with Crippen molar-refractivity contribution in [2.75, 3.05) is 13.2 Å². The SMILES string of the molecule is O=C(O)[C@@H]1CCCN(C(=O)OCC2c3ccccc3-c3ccccc32)[C@@H]1c1ccccc1. The molecule has 3 aromatic carbocycles. The fraction of sp³-hybridized carbons (Fsp3) is 0.259. The number of carbonyl (C=O) groups excluding carboxylic acids is 1. The molecule has 1 heterocycles. The Morgan fingerprint density at radius 2 is 1.47 bits per heavy atom. The number of carboxylic acid groups (broad SMARTS) is 1. The van der Waals surface area contributed by atoms with Crippen molar-refractivity contribution in [3.63, 3.8) is 0 Å². The van der Waals surface area contributed by atoms with E-state index >= 15 is 0 Å². The van der Waals surface area contributed by atoms with Gasteiger partial charge in [0.05, 0.1) is 12.0 Å². The molecule has 5 nitrogen and oxygen atoms in total. The van der Waals surface area contributed by atoms with Crippen molar-refractivity contribution in [1.29, 1.82) is 0 Å². The number of rotatable bonds is 4. The molecule has 1 aliphatic heterocycles. The van der Waals surface area contributed by atoms with Crippen molar-refractivity contribution in [3.05, 3.63) is 95.6 Å². The average molecular weight is 428 g/mol. The topological polar surface area (TPSA) is 66.8 Å². The normalized spacial score (nSPS) is 19.8. The van der Waals surface area contributed by atoms with Gasteiger partial charge in [-0.2, -0.15) is 0 Å². The second kappa shape index (κ2) is 8.50. The van der Waals surface area contributed by atoms with Crippen LogP contribution in [0.3, 0.4) is 0 Å². The molecule has 1 fully saturated rings. The number of piperidine rings is 1. The number of hydrogen-bond acceptors (Lipinski definition) is 3. The minimum atomic E-state index is -0.880. The first-order valence-corrected chi connectivity index (χ1v) is 11.0. The fourth-order valence-electron chi connectivity index (χ4n) is 5.20. The molecule has 0 unspecified atom stereocenters. The molecule has 2 atom stereocenters. The zero-order chi connectivity index (χ0) is 22.1. The van der Waals surface area contributed by atoms with Crippen molar-refractivity contribution >= 4 is 12.1 Å². The molecular weight excluding hydrogens is 402 g/mol. The van der Waals surface area contributed by atoms with Crippen LogP contribution in [0, 0.1) is 5.92 Å². The number of aliphatic carboxylic acids is 1. The van der Waals surface area contributed by atoms with Gasteiger partial charge in [0, 0.05) is 12.5 Å². The Balaban J connectivity index is 1.39. The van der Waals surface area contributed by atoms with Crippen LogP contribution in [0.2, 0.25) is 0 Å². The highest BCUT2D eigenvalue weighted by molar-refractivity contribution is 5.79. The molecule has 0 aromatic heterocycles. The van der Waals surface area contributed by atoms with E-state index in [-0.39, 0.29) is 12.5 Å². The Labute approximate surface area is 187 Å². The van der Waals surface area contributed by atoms with Crippen LogP contribution in [0.5, 0.6) is 0 Å². The van der Waals surface area contributed by atoms with Gasteiger partial charge in [0.1, 0.15) is 6.61 Å². The maximum absolute atomic E-state index is 13.2. The van der Waals surface area contributed by atoms with Gasteiger partial charge in [-0.1, -0.05) is 78.9 Å². The maximum Gasteiger partial charge on any atom is 0.410 e. The number of nitrogens with zero attached hydrogens (tertiary/aromatic N) is 1. The molecule has 162 valence electrons. The van der Waals surface area contributed by atoms with E-state index in [2.05, 4.69) is 24.3 Å². The number of fused-ring (bicyclic) bond motifs is 3. The molecule has 1 amide bonds. The average Bonchev–Trinajstić information content (AvgIpc) is 3.16. The van der Waals surface area contributed by atoms with Gasteiger partial charge in [-0.25, -0.2) is 4.79 Å². The van der Waals surface area contributed by atoms with Crippen LogP contribution in [-0.4, -0.2) is 35.2 Å². The lowest BCUT2D eigenvalue weighted by atomic mass is 9.85. The van der Waals surface area contributed by atoms with Gasteiger partial charge in [0.25, 0.3) is 0 Å². The Bertz CT molecular complexity index is 1100. The lowest BCUT2D eigenvalue weighted by molar-refractivity contribution is -0.145. The van der Waals surface area contributed by atoms with E-state index in [1.165, 1.54) is 11.1 Å². The number of hydrogen-bond donors (Lipinski definition) is 1. The van der Waals surface area contributed by atoms with Crippen LogP contribution in [-0.2, 0) is 9.53 Å². The summed E-state index contributed by atoms with van der Waals surface area (Å²) < 4.78 is 5.85. The van der Waals surface area contributed by atoms with Gasteiger partial charge in [0.15, 0.2) is 0 Å². The van der Waals surface area contributed by atoms with Gasteiger partial charge in [-0.15, -0.1) is 0 Å². The molecule has 0 spiro atoms. The van der Waals surface area contributed by atoms with Gasteiger partial charge in [-0.3, -0.25) is 4.79 Å². The van der Waals surface area contributed by atoms with Crippen molar-refractivity contribution in [2.45, 2.75) is 24.8 Å². The molecule has 0 bridgehead atoms. The summed E-state index contributed by atoms with van der Waals surface area (Å²) in [6.07, 6.45) is 0.735. The molecule has 1 N–H and O–H groups in total. The molecular formula is C27H25NO4. The molecule has 32 heavy (non-hydrogen) atoms. The smallest absolute Gasteiger partial charge is 0.410 e. The summed E-state index contributed by atoms with van der Waals surface area (Å²) in [4.78, 5) is 26.8. The van der Waals surface area contributed by atoms with Crippen LogP contribution in [0.25, 0.3) is 11.1 Å². The second-order valence-corrected chi connectivity index (χ2v) is 8.44. The third-order valence-electron chi connectivity index (χ3n) is 6.66. The number of likely N-dealkylation sites (tertiary alicyclic amines) is 1. The van der Waals surface area contributed by atoms with Crippen molar-refractivity contribution in [2.24, 2.45) is 5.92 Å². The summed E-state index contributed by atoms with van der Waals surface area (Å²) in [5, 5.41) is 9.81. The van der Waals surface area contributed by atoms with Gasteiger partial charge >= 0.3 is 12.1 Å². The highest BCUT2D eigenvalue weighted by Crippen LogP contribution is 2.45. The summed E-state index contributed by atoms with van der Waals surface area (Å²) in [7, 11) is 0. The quantitative estimate of drug-likeness (QED) is 0.599. The number of benzene rings is 3. The number of amides is 1. The molecule has 5 heteroatoms. The van der Waals surface area contributed by atoms with Crippen molar-refractivity contribution < 1.29 is 19.4 Å². The maximum atomic E-state index is 13.2. The van der Waals surface area contributed by atoms with Crippen LogP contribution < -0.4 is 0 Å². The monoisotopic (exact) mass is 427 g/mol. The third-order valence-corrected chi connectivity index (χ3v) is 6.66. The van der Waals surface area contributed by atoms with Crippen LogP contribution in [0.1, 0.15) is 41.5 Å². The highest BCUT2D eigenvalue weighted by Gasteiger charge is 2.40. The summed E-state index contributed by atoms with van der Waals surface area (Å²) in [6.45, 7) is 0.711. The Morgan fingerprint density at radius 3 is 2.09 bits per heavy atom. The first kappa shape index (κ1) is 20.3. The molecule has 0 radical (unpaired) electrons. The Kier molecular flexibility index (Phi) is 5.39. The third kappa shape index (κ3) is 3.54. The molecule has 1 saturated heterocycles. The largest absolute Gasteiger partial charge is 0.481 e. The summed E-state index contributed by atoms with van der Waals surface area (Å²) >= 11 is 0. The summed E-state index contributed by atoms with van der Waals surface area (Å²) in [6, 6.07) is 25.3. The zero-order valence-electron chi connectivity index (χ0n) is 17.7. The van der Waals surface area contributed by atoms with E-state index in [0.717, 1.165) is 16.7 Å². The van der Waals surface area contributed by atoms with Crippen molar-refractivity contribution in [3.8, 4) is 11.1 Å². The minimum absolute atomic E-state index is 0.0263. The zero-order valence-corrected chi connectivity index (χ0v) is 17.7. The molecule has 1 aliphatic carbocycles. The minimum Gasteiger partial charge on any atom is -0.481 e. The van der Waals surface area contributed by atoms with E-state index < -0.39 is 24.0 Å². The summed E-state index contributed by atoms with van der Waals surface area (Å²) in [5.74, 6) is -1.55. The summed E-state index contributed by atoms with van der Waals surface area (Å²) in [5.41, 5.74) is 5.49. The second-order valence-electron chi connectivity index (χ2n) is 8.44.